The van der Waals surface area contributed by atoms with E-state index in [1.54, 1.807) is 18.0 Å². The van der Waals surface area contributed by atoms with Crippen molar-refractivity contribution >= 4 is 11.8 Å². The minimum absolute atomic E-state index is 0.217. The van der Waals surface area contributed by atoms with Gasteiger partial charge in [-0.05, 0) is 6.07 Å². The predicted octanol–water partition coefficient (Wildman–Crippen LogP) is -0.0986. The standard InChI is InChI=1S/C8H11N3OS/c12-6-3-10-4-7(6)13-8-1-2-9-5-11-8/h1-2,5-7,10,12H,3-4H2. The van der Waals surface area contributed by atoms with Crippen LogP contribution >= 0.6 is 11.8 Å². The second-order valence-corrected chi connectivity index (χ2v) is 4.19. The third kappa shape index (κ3) is 2.18. The van der Waals surface area contributed by atoms with Crippen LogP contribution in [0.1, 0.15) is 0 Å². The number of β-amino-alcohol motifs (C(OH)–C–C–N with tert-alkyl or cyclic N) is 1. The van der Waals surface area contributed by atoms with Crippen LogP contribution in [-0.4, -0.2) is 39.5 Å². The van der Waals surface area contributed by atoms with E-state index in [1.165, 1.54) is 6.33 Å². The Morgan fingerprint density at radius 3 is 3.08 bits per heavy atom. The molecule has 0 bridgehead atoms. The smallest absolute Gasteiger partial charge is 0.116 e. The van der Waals surface area contributed by atoms with E-state index < -0.39 is 0 Å². The highest BCUT2D eigenvalue weighted by Crippen LogP contribution is 2.24. The molecule has 70 valence electrons. The first-order valence-corrected chi connectivity index (χ1v) is 5.05. The zero-order chi connectivity index (χ0) is 9.10. The van der Waals surface area contributed by atoms with Crippen molar-refractivity contribution in [3.05, 3.63) is 18.6 Å². The minimum atomic E-state index is -0.264. The van der Waals surface area contributed by atoms with E-state index in [2.05, 4.69) is 15.3 Å². The van der Waals surface area contributed by atoms with Crippen molar-refractivity contribution in [3.63, 3.8) is 0 Å². The third-order valence-corrected chi connectivity index (χ3v) is 3.22. The molecule has 1 saturated heterocycles. The molecule has 2 atom stereocenters. The van der Waals surface area contributed by atoms with Crippen LogP contribution in [0.4, 0.5) is 0 Å². The van der Waals surface area contributed by atoms with Gasteiger partial charge >= 0.3 is 0 Å². The lowest BCUT2D eigenvalue weighted by Crippen LogP contribution is -2.20. The number of aliphatic hydroxyl groups excluding tert-OH is 1. The van der Waals surface area contributed by atoms with Crippen LogP contribution in [0.5, 0.6) is 0 Å². The van der Waals surface area contributed by atoms with Crippen molar-refractivity contribution in [3.8, 4) is 0 Å². The van der Waals surface area contributed by atoms with Gasteiger partial charge in [-0.25, -0.2) is 9.97 Å². The molecule has 0 spiro atoms. The number of hydrogen-bond acceptors (Lipinski definition) is 5. The number of rotatable bonds is 2. The lowest BCUT2D eigenvalue weighted by Gasteiger charge is -2.10. The molecule has 1 aliphatic rings. The van der Waals surface area contributed by atoms with Crippen LogP contribution in [0, 0.1) is 0 Å². The van der Waals surface area contributed by atoms with E-state index in [0.717, 1.165) is 11.6 Å². The molecule has 2 unspecified atom stereocenters. The Hall–Kier alpha value is -0.650. The van der Waals surface area contributed by atoms with E-state index >= 15 is 0 Å². The Labute approximate surface area is 80.8 Å². The van der Waals surface area contributed by atoms with E-state index in [-0.39, 0.29) is 11.4 Å². The average Bonchev–Trinajstić information content (AvgIpc) is 2.54. The summed E-state index contributed by atoms with van der Waals surface area (Å²) in [5, 5.41) is 13.8. The molecule has 0 aromatic carbocycles. The zero-order valence-electron chi connectivity index (χ0n) is 7.05. The van der Waals surface area contributed by atoms with Crippen molar-refractivity contribution in [1.82, 2.24) is 15.3 Å². The van der Waals surface area contributed by atoms with Gasteiger partial charge in [0.1, 0.15) is 6.33 Å². The molecule has 4 nitrogen and oxygen atoms in total. The molecule has 5 heteroatoms. The van der Waals surface area contributed by atoms with Crippen LogP contribution in [0.15, 0.2) is 23.6 Å². The molecular weight excluding hydrogens is 186 g/mol. The molecule has 1 aromatic rings. The quantitative estimate of drug-likeness (QED) is 0.648. The lowest BCUT2D eigenvalue weighted by atomic mass is 10.3. The number of thioether (sulfide) groups is 1. The molecule has 1 aromatic heterocycles. The van der Waals surface area contributed by atoms with E-state index in [0.29, 0.717) is 6.54 Å². The fourth-order valence-corrected chi connectivity index (χ4v) is 2.28. The minimum Gasteiger partial charge on any atom is -0.391 e. The van der Waals surface area contributed by atoms with E-state index in [9.17, 15) is 5.11 Å². The van der Waals surface area contributed by atoms with Crippen molar-refractivity contribution in [1.29, 1.82) is 0 Å². The van der Waals surface area contributed by atoms with E-state index in [1.807, 2.05) is 6.07 Å². The van der Waals surface area contributed by atoms with Crippen LogP contribution in [0.2, 0.25) is 0 Å². The van der Waals surface area contributed by atoms with Crippen molar-refractivity contribution < 1.29 is 5.11 Å². The van der Waals surface area contributed by atoms with Gasteiger partial charge in [0, 0.05) is 19.3 Å². The van der Waals surface area contributed by atoms with Gasteiger partial charge < -0.3 is 10.4 Å². The summed E-state index contributed by atoms with van der Waals surface area (Å²) in [6.07, 6.45) is 2.97. The summed E-state index contributed by atoms with van der Waals surface area (Å²) in [7, 11) is 0. The fourth-order valence-electron chi connectivity index (χ4n) is 1.26. The summed E-state index contributed by atoms with van der Waals surface area (Å²) in [5.41, 5.74) is 0. The van der Waals surface area contributed by atoms with Crippen LogP contribution in [0.25, 0.3) is 0 Å². The Morgan fingerprint density at radius 2 is 2.46 bits per heavy atom. The summed E-state index contributed by atoms with van der Waals surface area (Å²) >= 11 is 1.60. The molecule has 0 radical (unpaired) electrons. The first-order valence-electron chi connectivity index (χ1n) is 4.18. The SMILES string of the molecule is OC1CNCC1Sc1ccncn1. The maximum absolute atomic E-state index is 9.52. The van der Waals surface area contributed by atoms with Crippen molar-refractivity contribution in [2.75, 3.05) is 13.1 Å². The Kier molecular flexibility index (Phi) is 2.77. The van der Waals surface area contributed by atoms with Crippen LogP contribution in [0.3, 0.4) is 0 Å². The number of hydrogen-bond donors (Lipinski definition) is 2. The van der Waals surface area contributed by atoms with Gasteiger partial charge in [0.2, 0.25) is 0 Å². The van der Waals surface area contributed by atoms with Gasteiger partial charge in [-0.3, -0.25) is 0 Å². The summed E-state index contributed by atoms with van der Waals surface area (Å²) in [6, 6.07) is 1.86. The Bertz CT molecular complexity index is 269. The molecule has 0 amide bonds. The van der Waals surface area contributed by atoms with Crippen LogP contribution < -0.4 is 5.32 Å². The first-order chi connectivity index (χ1) is 6.36. The van der Waals surface area contributed by atoms with Crippen LogP contribution in [-0.2, 0) is 0 Å². The van der Waals surface area contributed by atoms with Gasteiger partial charge in [0.05, 0.1) is 16.4 Å². The largest absolute Gasteiger partial charge is 0.391 e. The molecule has 13 heavy (non-hydrogen) atoms. The molecule has 1 aliphatic heterocycles. The molecule has 0 aliphatic carbocycles. The summed E-state index contributed by atoms with van der Waals surface area (Å²) in [4.78, 5) is 7.93. The topological polar surface area (TPSA) is 58.0 Å². The number of aromatic nitrogens is 2. The van der Waals surface area contributed by atoms with Gasteiger partial charge in [-0.2, -0.15) is 0 Å². The second kappa shape index (κ2) is 4.04. The second-order valence-electron chi connectivity index (χ2n) is 2.93. The molecule has 2 rings (SSSR count). The summed E-state index contributed by atoms with van der Waals surface area (Å²) in [6.45, 7) is 1.53. The van der Waals surface area contributed by atoms with Gasteiger partial charge in [-0.1, -0.05) is 11.8 Å². The first kappa shape index (κ1) is 8.93. The molecule has 0 saturated carbocycles. The maximum atomic E-state index is 9.52. The number of nitrogens with one attached hydrogen (secondary N) is 1. The summed E-state index contributed by atoms with van der Waals surface area (Å²) in [5.74, 6) is 0. The van der Waals surface area contributed by atoms with Gasteiger partial charge in [0.15, 0.2) is 0 Å². The number of aliphatic hydroxyl groups is 1. The van der Waals surface area contributed by atoms with Gasteiger partial charge in [0.25, 0.3) is 0 Å². The van der Waals surface area contributed by atoms with Gasteiger partial charge in [-0.15, -0.1) is 0 Å². The molecule has 2 N–H and O–H groups in total. The van der Waals surface area contributed by atoms with E-state index in [4.69, 9.17) is 0 Å². The Balaban J connectivity index is 1.98. The molecule has 1 fully saturated rings. The maximum Gasteiger partial charge on any atom is 0.116 e. The normalized spacial score (nSPS) is 27.8. The molecular formula is C8H11N3OS. The van der Waals surface area contributed by atoms with Crippen molar-refractivity contribution in [2.45, 2.75) is 16.4 Å². The highest BCUT2D eigenvalue weighted by Gasteiger charge is 2.25. The highest BCUT2D eigenvalue weighted by molar-refractivity contribution is 8.00. The van der Waals surface area contributed by atoms with Crippen molar-refractivity contribution in [2.24, 2.45) is 0 Å². The Morgan fingerprint density at radius 1 is 1.54 bits per heavy atom. The predicted molar refractivity (Wildman–Crippen MR) is 50.6 cm³/mol. The third-order valence-electron chi connectivity index (χ3n) is 1.96. The average molecular weight is 197 g/mol. The monoisotopic (exact) mass is 197 g/mol. The number of nitrogens with zero attached hydrogens (tertiary/aromatic N) is 2. The summed E-state index contributed by atoms with van der Waals surface area (Å²) < 4.78 is 0. The lowest BCUT2D eigenvalue weighted by molar-refractivity contribution is 0.201. The zero-order valence-corrected chi connectivity index (χ0v) is 7.87. The molecule has 2 heterocycles. The fraction of sp³-hybridized carbons (Fsp3) is 0.500. The highest BCUT2D eigenvalue weighted by atomic mass is 32.2.